The quantitative estimate of drug-likeness (QED) is 0.789. The Bertz CT molecular complexity index is 456. The molecule has 1 amide bonds. The van der Waals surface area contributed by atoms with Crippen molar-refractivity contribution in [3.8, 4) is 0 Å². The van der Waals surface area contributed by atoms with Gasteiger partial charge in [-0.25, -0.2) is 0 Å². The number of carbonyl (C=O) groups excluding carboxylic acids is 1. The molecule has 2 heterocycles. The van der Waals surface area contributed by atoms with Crippen molar-refractivity contribution in [2.45, 2.75) is 52.4 Å². The molecule has 0 aromatic carbocycles. The topological polar surface area (TPSA) is 41.1 Å². The minimum Gasteiger partial charge on any atom is -0.351 e. The molecular weight excluding hydrogens is 316 g/mol. The molecule has 3 nitrogen and oxygen atoms in total. The van der Waals surface area contributed by atoms with Gasteiger partial charge in [0.05, 0.1) is 4.88 Å². The van der Waals surface area contributed by atoms with Crippen LogP contribution in [0.15, 0.2) is 6.07 Å². The van der Waals surface area contributed by atoms with Gasteiger partial charge in [-0.15, -0.1) is 23.7 Å². The molecule has 1 aliphatic rings. The second-order valence-corrected chi connectivity index (χ2v) is 7.06. The molecule has 1 aromatic rings. The highest BCUT2D eigenvalue weighted by atomic mass is 35.5. The summed E-state index contributed by atoms with van der Waals surface area (Å²) in [7, 11) is 0. The van der Waals surface area contributed by atoms with E-state index in [1.165, 1.54) is 23.3 Å². The number of amides is 1. The number of hydrogen-bond acceptors (Lipinski definition) is 3. The maximum Gasteiger partial charge on any atom is 0.261 e. The molecule has 0 radical (unpaired) electrons. The number of hydrogen-bond donors (Lipinski definition) is 2. The van der Waals surface area contributed by atoms with Gasteiger partial charge in [0.25, 0.3) is 5.91 Å². The van der Waals surface area contributed by atoms with E-state index in [9.17, 15) is 4.79 Å². The second kappa shape index (κ2) is 10.2. The Balaban J connectivity index is 0.00000242. The zero-order valence-corrected chi connectivity index (χ0v) is 15.4. The van der Waals surface area contributed by atoms with Crippen LogP contribution in [0, 0.1) is 5.92 Å². The van der Waals surface area contributed by atoms with Crippen LogP contribution >= 0.6 is 23.7 Å². The summed E-state index contributed by atoms with van der Waals surface area (Å²) < 4.78 is 0. The molecule has 1 atom stereocenters. The lowest BCUT2D eigenvalue weighted by atomic mass is 9.96. The molecule has 126 valence electrons. The van der Waals surface area contributed by atoms with Gasteiger partial charge in [-0.2, -0.15) is 0 Å². The Morgan fingerprint density at radius 2 is 2.27 bits per heavy atom. The van der Waals surface area contributed by atoms with E-state index in [4.69, 9.17) is 0 Å². The summed E-state index contributed by atoms with van der Waals surface area (Å²) in [6.45, 7) is 7.41. The van der Waals surface area contributed by atoms with Gasteiger partial charge in [0, 0.05) is 11.4 Å². The molecule has 1 saturated heterocycles. The van der Waals surface area contributed by atoms with Gasteiger partial charge in [-0.05, 0) is 62.7 Å². The first-order chi connectivity index (χ1) is 10.2. The average molecular weight is 345 g/mol. The highest BCUT2D eigenvalue weighted by Crippen LogP contribution is 2.24. The molecule has 1 unspecified atom stereocenters. The van der Waals surface area contributed by atoms with Crippen molar-refractivity contribution in [1.82, 2.24) is 10.6 Å². The van der Waals surface area contributed by atoms with E-state index in [0.29, 0.717) is 0 Å². The van der Waals surface area contributed by atoms with Crippen molar-refractivity contribution in [3.05, 3.63) is 21.4 Å². The van der Waals surface area contributed by atoms with Crippen molar-refractivity contribution in [2.75, 3.05) is 19.6 Å². The zero-order valence-electron chi connectivity index (χ0n) is 13.7. The van der Waals surface area contributed by atoms with Crippen LogP contribution in [0.1, 0.15) is 59.6 Å². The summed E-state index contributed by atoms with van der Waals surface area (Å²) in [4.78, 5) is 14.5. The summed E-state index contributed by atoms with van der Waals surface area (Å²) in [6.07, 6.45) is 6.91. The molecule has 1 aromatic heterocycles. The summed E-state index contributed by atoms with van der Waals surface area (Å²) in [5, 5.41) is 6.52. The summed E-state index contributed by atoms with van der Waals surface area (Å²) in [6, 6.07) is 2.09. The second-order valence-electron chi connectivity index (χ2n) is 5.92. The predicted molar refractivity (Wildman–Crippen MR) is 97.5 cm³/mol. The first kappa shape index (κ1) is 19.5. The Hall–Kier alpha value is -0.580. The number of carbonyl (C=O) groups is 1. The lowest BCUT2D eigenvalue weighted by Gasteiger charge is -2.22. The number of rotatable bonds is 7. The van der Waals surface area contributed by atoms with Gasteiger partial charge in [0.15, 0.2) is 0 Å². The van der Waals surface area contributed by atoms with E-state index in [1.807, 2.05) is 0 Å². The minimum absolute atomic E-state index is 0. The fourth-order valence-corrected chi connectivity index (χ4v) is 4.24. The standard InChI is InChI=1S/C17H28N2OS.ClH/c1-3-6-15-14(4-2)11-16(21-15)17(20)19-10-8-13-7-5-9-18-12-13;/h11,13,18H,3-10,12H2,1-2H3,(H,19,20);1H. The van der Waals surface area contributed by atoms with Crippen LogP contribution in [0.4, 0.5) is 0 Å². The van der Waals surface area contributed by atoms with E-state index >= 15 is 0 Å². The van der Waals surface area contributed by atoms with Crippen molar-refractivity contribution in [3.63, 3.8) is 0 Å². The zero-order chi connectivity index (χ0) is 15.1. The third-order valence-electron chi connectivity index (χ3n) is 4.22. The van der Waals surface area contributed by atoms with Crippen LogP contribution in [0.2, 0.25) is 0 Å². The lowest BCUT2D eigenvalue weighted by molar-refractivity contribution is 0.0954. The van der Waals surface area contributed by atoms with E-state index in [1.54, 1.807) is 11.3 Å². The Labute approximate surface area is 144 Å². The third-order valence-corrected chi connectivity index (χ3v) is 5.45. The van der Waals surface area contributed by atoms with Gasteiger partial charge < -0.3 is 10.6 Å². The summed E-state index contributed by atoms with van der Waals surface area (Å²) in [5.74, 6) is 0.838. The summed E-state index contributed by atoms with van der Waals surface area (Å²) in [5.41, 5.74) is 1.35. The molecule has 0 spiro atoms. The van der Waals surface area contributed by atoms with Gasteiger partial charge in [-0.3, -0.25) is 4.79 Å². The predicted octanol–water partition coefficient (Wildman–Crippen LogP) is 3.80. The van der Waals surface area contributed by atoms with Crippen LogP contribution in [0.5, 0.6) is 0 Å². The fraction of sp³-hybridized carbons (Fsp3) is 0.706. The van der Waals surface area contributed by atoms with Crippen molar-refractivity contribution < 1.29 is 4.79 Å². The Morgan fingerprint density at radius 3 is 2.91 bits per heavy atom. The number of nitrogens with one attached hydrogen (secondary N) is 2. The molecule has 5 heteroatoms. The van der Waals surface area contributed by atoms with Crippen LogP contribution in [-0.2, 0) is 12.8 Å². The molecule has 0 saturated carbocycles. The smallest absolute Gasteiger partial charge is 0.261 e. The van der Waals surface area contributed by atoms with Crippen LogP contribution < -0.4 is 10.6 Å². The monoisotopic (exact) mass is 344 g/mol. The van der Waals surface area contributed by atoms with E-state index in [0.717, 1.165) is 56.1 Å². The average Bonchev–Trinajstić information content (AvgIpc) is 2.92. The maximum atomic E-state index is 12.3. The first-order valence-electron chi connectivity index (χ1n) is 8.35. The first-order valence-corrected chi connectivity index (χ1v) is 9.16. The largest absolute Gasteiger partial charge is 0.351 e. The molecule has 2 N–H and O–H groups in total. The van der Waals surface area contributed by atoms with Crippen molar-refractivity contribution in [2.24, 2.45) is 5.92 Å². The summed E-state index contributed by atoms with van der Waals surface area (Å²) >= 11 is 1.68. The van der Waals surface area contributed by atoms with E-state index in [-0.39, 0.29) is 18.3 Å². The van der Waals surface area contributed by atoms with Gasteiger partial charge >= 0.3 is 0 Å². The Morgan fingerprint density at radius 1 is 1.45 bits per heavy atom. The van der Waals surface area contributed by atoms with Crippen molar-refractivity contribution >= 4 is 29.7 Å². The molecule has 1 aliphatic heterocycles. The number of aryl methyl sites for hydroxylation is 2. The third kappa shape index (κ3) is 5.56. The van der Waals surface area contributed by atoms with E-state index in [2.05, 4.69) is 30.5 Å². The molecule has 0 bridgehead atoms. The highest BCUT2D eigenvalue weighted by molar-refractivity contribution is 7.14. The minimum atomic E-state index is 0. The fourth-order valence-electron chi connectivity index (χ4n) is 2.96. The van der Waals surface area contributed by atoms with Gasteiger partial charge in [0.1, 0.15) is 0 Å². The molecule has 0 aliphatic carbocycles. The molecular formula is C17H29ClN2OS. The number of thiophene rings is 1. The van der Waals surface area contributed by atoms with Gasteiger partial charge in [0.2, 0.25) is 0 Å². The van der Waals surface area contributed by atoms with Crippen LogP contribution in [0.25, 0.3) is 0 Å². The van der Waals surface area contributed by atoms with E-state index < -0.39 is 0 Å². The lowest BCUT2D eigenvalue weighted by Crippen LogP contribution is -2.33. The van der Waals surface area contributed by atoms with Crippen LogP contribution in [-0.4, -0.2) is 25.5 Å². The van der Waals surface area contributed by atoms with Crippen LogP contribution in [0.3, 0.4) is 0 Å². The molecule has 22 heavy (non-hydrogen) atoms. The Kier molecular flexibility index (Phi) is 9.06. The van der Waals surface area contributed by atoms with Crippen molar-refractivity contribution in [1.29, 1.82) is 0 Å². The maximum absolute atomic E-state index is 12.3. The number of piperidine rings is 1. The van der Waals surface area contributed by atoms with Gasteiger partial charge in [-0.1, -0.05) is 20.3 Å². The highest BCUT2D eigenvalue weighted by Gasteiger charge is 2.15. The molecule has 1 fully saturated rings. The number of halogens is 1. The normalized spacial score (nSPS) is 17.8. The SMILES string of the molecule is CCCc1sc(C(=O)NCCC2CCCNC2)cc1CC.Cl. The molecule has 2 rings (SSSR count).